The van der Waals surface area contributed by atoms with Gasteiger partial charge in [-0.3, -0.25) is 9.52 Å². The molecule has 4 aromatic carbocycles. The van der Waals surface area contributed by atoms with E-state index >= 15 is 0 Å². The predicted octanol–water partition coefficient (Wildman–Crippen LogP) is 6.50. The van der Waals surface area contributed by atoms with Gasteiger partial charge in [-0.05, 0) is 67.1 Å². The highest BCUT2D eigenvalue weighted by Gasteiger charge is 2.21. The molecule has 0 saturated carbocycles. The highest BCUT2D eigenvalue weighted by atomic mass is 35.5. The first kappa shape index (κ1) is 25.1. The maximum atomic E-state index is 13.3. The molecule has 0 aliphatic heterocycles. The number of halogens is 1. The number of amides is 1. The molecule has 36 heavy (non-hydrogen) atoms. The minimum atomic E-state index is -4.10. The minimum absolute atomic E-state index is 0.0889. The second-order valence-corrected chi connectivity index (χ2v) is 9.91. The fraction of sp³-hybridized carbons (Fsp3) is 0.0741. The number of aryl methyl sites for hydroxylation is 1. The zero-order valence-corrected chi connectivity index (χ0v) is 21.1. The van der Waals surface area contributed by atoms with Crippen LogP contribution in [0.2, 0.25) is 5.02 Å². The molecular formula is C27H23ClN2O5S. The summed E-state index contributed by atoms with van der Waals surface area (Å²) in [6, 6.07) is 24.9. The molecule has 0 atom stereocenters. The Morgan fingerprint density at radius 3 is 2.25 bits per heavy atom. The zero-order chi connectivity index (χ0) is 25.7. The maximum absolute atomic E-state index is 13.3. The second-order valence-electron chi connectivity index (χ2n) is 7.79. The number of carbonyl (C=O) groups excluding carboxylic acids is 1. The molecule has 4 rings (SSSR count). The Bertz CT molecular complexity index is 1510. The van der Waals surface area contributed by atoms with Crippen LogP contribution in [0.1, 0.15) is 15.9 Å². The SMILES string of the molecule is COc1ccc(S(=O)(=O)Nc2cc(Cl)ccc2Oc2ccccc2)cc1NC(=O)c1ccccc1C. The normalized spacial score (nSPS) is 11.0. The van der Waals surface area contributed by atoms with Gasteiger partial charge in [0.05, 0.1) is 23.4 Å². The van der Waals surface area contributed by atoms with Crippen molar-refractivity contribution in [3.8, 4) is 17.2 Å². The van der Waals surface area contributed by atoms with E-state index in [2.05, 4.69) is 10.0 Å². The van der Waals surface area contributed by atoms with Crippen molar-refractivity contribution in [1.82, 2.24) is 0 Å². The van der Waals surface area contributed by atoms with Gasteiger partial charge in [-0.15, -0.1) is 0 Å². The lowest BCUT2D eigenvalue weighted by Crippen LogP contribution is -2.16. The molecule has 0 bridgehead atoms. The van der Waals surface area contributed by atoms with Crippen molar-refractivity contribution in [2.75, 3.05) is 17.1 Å². The number of hydrogen-bond donors (Lipinski definition) is 2. The van der Waals surface area contributed by atoms with Crippen molar-refractivity contribution in [3.63, 3.8) is 0 Å². The van der Waals surface area contributed by atoms with E-state index in [9.17, 15) is 13.2 Å². The summed E-state index contributed by atoms with van der Waals surface area (Å²) in [6.45, 7) is 1.82. The van der Waals surface area contributed by atoms with Gasteiger partial charge in [0, 0.05) is 10.6 Å². The second kappa shape index (κ2) is 10.7. The van der Waals surface area contributed by atoms with E-state index in [1.807, 2.05) is 25.1 Å². The van der Waals surface area contributed by atoms with Gasteiger partial charge >= 0.3 is 0 Å². The Balaban J connectivity index is 1.64. The summed E-state index contributed by atoms with van der Waals surface area (Å²) in [5.41, 5.74) is 1.62. The Morgan fingerprint density at radius 1 is 0.833 bits per heavy atom. The van der Waals surface area contributed by atoms with Gasteiger partial charge in [-0.1, -0.05) is 48.0 Å². The topological polar surface area (TPSA) is 93.7 Å². The van der Waals surface area contributed by atoms with Crippen molar-refractivity contribution in [2.24, 2.45) is 0 Å². The van der Waals surface area contributed by atoms with Crippen molar-refractivity contribution in [3.05, 3.63) is 107 Å². The average molecular weight is 523 g/mol. The monoisotopic (exact) mass is 522 g/mol. The van der Waals surface area contributed by atoms with E-state index in [1.165, 1.54) is 31.4 Å². The molecule has 0 aliphatic rings. The summed E-state index contributed by atoms with van der Waals surface area (Å²) >= 11 is 6.13. The lowest BCUT2D eigenvalue weighted by molar-refractivity contribution is 0.102. The predicted molar refractivity (Wildman–Crippen MR) is 141 cm³/mol. The summed E-state index contributed by atoms with van der Waals surface area (Å²) in [5.74, 6) is 0.732. The summed E-state index contributed by atoms with van der Waals surface area (Å²) in [5, 5.41) is 3.07. The number of methoxy groups -OCH3 is 1. The summed E-state index contributed by atoms with van der Waals surface area (Å²) in [7, 11) is -2.66. The number of hydrogen-bond acceptors (Lipinski definition) is 5. The molecule has 0 unspecified atom stereocenters. The number of ether oxygens (including phenoxy) is 2. The van der Waals surface area contributed by atoms with E-state index in [1.54, 1.807) is 48.5 Å². The fourth-order valence-electron chi connectivity index (χ4n) is 3.46. The third-order valence-electron chi connectivity index (χ3n) is 5.28. The lowest BCUT2D eigenvalue weighted by atomic mass is 10.1. The summed E-state index contributed by atoms with van der Waals surface area (Å²) in [6.07, 6.45) is 0. The molecule has 0 heterocycles. The summed E-state index contributed by atoms with van der Waals surface area (Å²) < 4.78 is 40.4. The van der Waals surface area contributed by atoms with Crippen LogP contribution in [0, 0.1) is 6.92 Å². The van der Waals surface area contributed by atoms with Crippen LogP contribution < -0.4 is 19.5 Å². The molecule has 7 nitrogen and oxygen atoms in total. The molecule has 0 fully saturated rings. The van der Waals surface area contributed by atoms with Gasteiger partial charge in [0.1, 0.15) is 11.5 Å². The zero-order valence-electron chi connectivity index (χ0n) is 19.5. The van der Waals surface area contributed by atoms with Crippen LogP contribution in [0.4, 0.5) is 11.4 Å². The van der Waals surface area contributed by atoms with E-state index in [0.29, 0.717) is 22.1 Å². The molecule has 2 N–H and O–H groups in total. The molecule has 4 aromatic rings. The minimum Gasteiger partial charge on any atom is -0.495 e. The van der Waals surface area contributed by atoms with E-state index < -0.39 is 10.0 Å². The van der Waals surface area contributed by atoms with Crippen LogP contribution in [0.5, 0.6) is 17.2 Å². The Labute approximate surface area is 214 Å². The van der Waals surface area contributed by atoms with Crippen molar-refractivity contribution in [1.29, 1.82) is 0 Å². The molecule has 0 aliphatic carbocycles. The number of sulfonamides is 1. The van der Waals surface area contributed by atoms with Crippen LogP contribution in [0.3, 0.4) is 0 Å². The fourth-order valence-corrected chi connectivity index (χ4v) is 4.72. The standard InChI is InChI=1S/C27H23ClN2O5S/c1-18-8-6-7-11-22(18)27(31)29-23-17-21(13-15-25(23)34-2)36(32,33)30-24-16-19(28)12-14-26(24)35-20-9-4-3-5-10-20/h3-17,30H,1-2H3,(H,29,31). The van der Waals surface area contributed by atoms with Crippen LogP contribution in [0.25, 0.3) is 0 Å². The van der Waals surface area contributed by atoms with Gasteiger partial charge < -0.3 is 14.8 Å². The molecule has 184 valence electrons. The van der Waals surface area contributed by atoms with Gasteiger partial charge in [0.2, 0.25) is 0 Å². The lowest BCUT2D eigenvalue weighted by Gasteiger charge is -2.16. The Morgan fingerprint density at radius 2 is 1.53 bits per heavy atom. The molecule has 1 amide bonds. The van der Waals surface area contributed by atoms with Crippen LogP contribution in [-0.4, -0.2) is 21.4 Å². The number of benzene rings is 4. The molecule has 0 spiro atoms. The third-order valence-corrected chi connectivity index (χ3v) is 6.87. The number of para-hydroxylation sites is 1. The van der Waals surface area contributed by atoms with Crippen LogP contribution >= 0.6 is 11.6 Å². The molecule has 0 aromatic heterocycles. The number of anilines is 2. The first-order valence-corrected chi connectivity index (χ1v) is 12.7. The number of rotatable bonds is 8. The van der Waals surface area contributed by atoms with E-state index in [4.69, 9.17) is 21.1 Å². The maximum Gasteiger partial charge on any atom is 0.262 e. The highest BCUT2D eigenvalue weighted by molar-refractivity contribution is 7.92. The largest absolute Gasteiger partial charge is 0.495 e. The molecule has 9 heteroatoms. The van der Waals surface area contributed by atoms with Crippen LogP contribution in [0.15, 0.2) is 95.9 Å². The van der Waals surface area contributed by atoms with Crippen molar-refractivity contribution >= 4 is 38.9 Å². The number of nitrogens with one attached hydrogen (secondary N) is 2. The molecular weight excluding hydrogens is 500 g/mol. The first-order valence-electron chi connectivity index (χ1n) is 10.9. The smallest absolute Gasteiger partial charge is 0.262 e. The molecule has 0 saturated heterocycles. The highest BCUT2D eigenvalue weighted by Crippen LogP contribution is 2.35. The number of carbonyl (C=O) groups is 1. The van der Waals surface area contributed by atoms with Gasteiger partial charge in [-0.2, -0.15) is 0 Å². The van der Waals surface area contributed by atoms with Crippen molar-refractivity contribution < 1.29 is 22.7 Å². The van der Waals surface area contributed by atoms with Crippen molar-refractivity contribution in [2.45, 2.75) is 11.8 Å². The average Bonchev–Trinajstić information content (AvgIpc) is 2.86. The summed E-state index contributed by atoms with van der Waals surface area (Å²) in [4.78, 5) is 12.8. The van der Waals surface area contributed by atoms with E-state index in [0.717, 1.165) is 5.56 Å². The third kappa shape index (κ3) is 5.79. The Kier molecular flexibility index (Phi) is 7.47. The quantitative estimate of drug-likeness (QED) is 0.275. The molecule has 0 radical (unpaired) electrons. The first-order chi connectivity index (χ1) is 17.3. The van der Waals surface area contributed by atoms with E-state index in [-0.39, 0.29) is 27.9 Å². The Hall–Kier alpha value is -4.01. The van der Waals surface area contributed by atoms with Gasteiger partial charge in [0.25, 0.3) is 15.9 Å². The van der Waals surface area contributed by atoms with Crippen LogP contribution in [-0.2, 0) is 10.0 Å². The van der Waals surface area contributed by atoms with Gasteiger partial charge in [-0.25, -0.2) is 8.42 Å². The van der Waals surface area contributed by atoms with Gasteiger partial charge in [0.15, 0.2) is 5.75 Å².